The minimum atomic E-state index is -4.62. The minimum absolute atomic E-state index is 0.0396. The summed E-state index contributed by atoms with van der Waals surface area (Å²) >= 11 is 0. The Hall–Kier alpha value is -5.23. The van der Waals surface area contributed by atoms with E-state index in [9.17, 15) is 23.2 Å². The van der Waals surface area contributed by atoms with Crippen LogP contribution in [0.5, 0.6) is 0 Å². The first-order valence-electron chi connectivity index (χ1n) is 11.7. The number of aromatic nitrogens is 4. The number of hydrogen-bond acceptors (Lipinski definition) is 7. The molecule has 5 rings (SSSR count). The molecule has 4 aromatic rings. The molecule has 0 atom stereocenters. The van der Waals surface area contributed by atoms with Crippen molar-refractivity contribution in [2.45, 2.75) is 19.1 Å². The second-order valence-corrected chi connectivity index (χ2v) is 8.79. The van der Waals surface area contributed by atoms with Crippen LogP contribution in [0.2, 0.25) is 0 Å². The molecule has 0 fully saturated rings. The summed E-state index contributed by atoms with van der Waals surface area (Å²) in [5.74, 6) is 0.339. The molecule has 0 saturated carbocycles. The van der Waals surface area contributed by atoms with Crippen molar-refractivity contribution in [1.82, 2.24) is 19.7 Å². The van der Waals surface area contributed by atoms with E-state index >= 15 is 0 Å². The summed E-state index contributed by atoms with van der Waals surface area (Å²) in [5.41, 5.74) is 1.10. The predicted molar refractivity (Wildman–Crippen MR) is 135 cm³/mol. The topological polar surface area (TPSA) is 124 Å². The van der Waals surface area contributed by atoms with Crippen LogP contribution in [0.1, 0.15) is 33.5 Å². The van der Waals surface area contributed by atoms with Crippen molar-refractivity contribution >= 4 is 17.5 Å². The van der Waals surface area contributed by atoms with Gasteiger partial charge >= 0.3 is 6.18 Å². The number of nitrogens with zero attached hydrogens (tertiary/aromatic N) is 7. The van der Waals surface area contributed by atoms with E-state index in [-0.39, 0.29) is 36.5 Å². The zero-order valence-electron chi connectivity index (χ0n) is 20.5. The van der Waals surface area contributed by atoms with Crippen molar-refractivity contribution in [1.29, 1.82) is 10.5 Å². The van der Waals surface area contributed by atoms with Crippen LogP contribution in [0.4, 0.5) is 24.8 Å². The fraction of sp³-hybridized carbons (Fsp3) is 0.185. The molecular formula is C27H19F3N8O. The quantitative estimate of drug-likeness (QED) is 0.352. The van der Waals surface area contributed by atoms with Gasteiger partial charge in [-0.05, 0) is 59.2 Å². The zero-order valence-corrected chi connectivity index (χ0v) is 20.5. The molecule has 3 heterocycles. The number of hydrogen-bond donors (Lipinski definition) is 1. The monoisotopic (exact) mass is 528 g/mol. The summed E-state index contributed by atoms with van der Waals surface area (Å²) in [6.45, 7) is -0.0561. The van der Waals surface area contributed by atoms with Gasteiger partial charge in [-0.3, -0.25) is 9.69 Å². The maximum Gasteiger partial charge on any atom is 0.416 e. The zero-order chi connectivity index (χ0) is 27.7. The number of carbonyl (C=O) groups excluding carboxylic acids is 1. The number of rotatable bonds is 6. The first-order valence-corrected chi connectivity index (χ1v) is 11.7. The van der Waals surface area contributed by atoms with Gasteiger partial charge in [-0.15, -0.1) is 10.2 Å². The fourth-order valence-electron chi connectivity index (χ4n) is 4.50. The Morgan fingerprint density at radius 2 is 1.90 bits per heavy atom. The third-order valence-corrected chi connectivity index (χ3v) is 6.32. The highest BCUT2D eigenvalue weighted by molar-refractivity contribution is 6.10. The average Bonchev–Trinajstić information content (AvgIpc) is 3.50. The first kappa shape index (κ1) is 25.4. The predicted octanol–water partition coefficient (Wildman–Crippen LogP) is 4.92. The van der Waals surface area contributed by atoms with Crippen LogP contribution in [0, 0.1) is 22.7 Å². The molecule has 1 amide bonds. The number of halogens is 3. The van der Waals surface area contributed by atoms with Gasteiger partial charge in [0.1, 0.15) is 18.0 Å². The second-order valence-electron chi connectivity index (χ2n) is 8.79. The van der Waals surface area contributed by atoms with Gasteiger partial charge in [0.25, 0.3) is 5.91 Å². The van der Waals surface area contributed by atoms with E-state index in [1.165, 1.54) is 23.4 Å². The molecule has 0 saturated heterocycles. The molecule has 1 aliphatic heterocycles. The number of alkyl halides is 3. The van der Waals surface area contributed by atoms with Gasteiger partial charge in [-0.2, -0.15) is 23.7 Å². The Labute approximate surface area is 220 Å². The lowest BCUT2D eigenvalue weighted by Gasteiger charge is -2.19. The highest BCUT2D eigenvalue weighted by Gasteiger charge is 2.40. The molecular weight excluding hydrogens is 509 g/mol. The molecule has 1 aliphatic rings. The van der Waals surface area contributed by atoms with Gasteiger partial charge in [0, 0.05) is 24.7 Å². The maximum absolute atomic E-state index is 13.7. The standard InChI is InChI=1S/C27H19F3N8O/c1-37-15-34-36-25(37)18-7-6-16(13-32)10-20(18)17-11-23(33-9-3-8-31)35-24(12-17)38-14-21-19(26(38)39)4-2-5-22(21)27(28,29)30/h2,4-7,10-12,15H,3,9,14H2,1H3,(H,33,35). The number of nitriles is 2. The molecule has 194 valence electrons. The third kappa shape index (κ3) is 4.76. The van der Waals surface area contributed by atoms with E-state index in [0.29, 0.717) is 33.9 Å². The van der Waals surface area contributed by atoms with E-state index in [1.807, 2.05) is 6.07 Å². The van der Waals surface area contributed by atoms with E-state index in [0.717, 1.165) is 6.07 Å². The number of nitrogens with one attached hydrogen (secondary N) is 1. The summed E-state index contributed by atoms with van der Waals surface area (Å²) in [5, 5.41) is 29.7. The van der Waals surface area contributed by atoms with Crippen LogP contribution >= 0.6 is 0 Å². The van der Waals surface area contributed by atoms with E-state index in [4.69, 9.17) is 5.26 Å². The Morgan fingerprint density at radius 3 is 2.59 bits per heavy atom. The van der Waals surface area contributed by atoms with Crippen LogP contribution in [0.25, 0.3) is 22.5 Å². The molecule has 1 N–H and O–H groups in total. The number of amides is 1. The molecule has 9 nitrogen and oxygen atoms in total. The molecule has 0 bridgehead atoms. The van der Waals surface area contributed by atoms with Gasteiger partial charge in [0.2, 0.25) is 0 Å². The lowest BCUT2D eigenvalue weighted by atomic mass is 9.97. The summed E-state index contributed by atoms with van der Waals surface area (Å²) in [4.78, 5) is 19.0. The average molecular weight is 528 g/mol. The summed E-state index contributed by atoms with van der Waals surface area (Å²) in [7, 11) is 1.77. The molecule has 39 heavy (non-hydrogen) atoms. The molecule has 2 aromatic heterocycles. The van der Waals surface area contributed by atoms with Gasteiger partial charge < -0.3 is 9.88 Å². The third-order valence-electron chi connectivity index (χ3n) is 6.32. The van der Waals surface area contributed by atoms with Crippen molar-refractivity contribution < 1.29 is 18.0 Å². The lowest BCUT2D eigenvalue weighted by Crippen LogP contribution is -2.24. The molecule has 0 unspecified atom stereocenters. The summed E-state index contributed by atoms with van der Waals surface area (Å²) < 4.78 is 42.8. The van der Waals surface area contributed by atoms with Crippen molar-refractivity contribution in [3.05, 3.63) is 77.1 Å². The number of anilines is 2. The normalized spacial score (nSPS) is 12.7. The Bertz CT molecular complexity index is 1680. The van der Waals surface area contributed by atoms with Crippen molar-refractivity contribution in [3.8, 4) is 34.7 Å². The number of benzene rings is 2. The molecule has 0 radical (unpaired) electrons. The second kappa shape index (κ2) is 9.91. The number of pyridine rings is 1. The summed E-state index contributed by atoms with van der Waals surface area (Å²) in [6.07, 6.45) is -2.91. The largest absolute Gasteiger partial charge is 0.416 e. The van der Waals surface area contributed by atoms with Crippen LogP contribution in [0.3, 0.4) is 0 Å². The van der Waals surface area contributed by atoms with Crippen LogP contribution in [-0.4, -0.2) is 32.2 Å². The smallest absolute Gasteiger partial charge is 0.369 e. The van der Waals surface area contributed by atoms with Crippen molar-refractivity contribution in [2.24, 2.45) is 7.05 Å². The summed E-state index contributed by atoms with van der Waals surface area (Å²) in [6, 6.07) is 16.0. The lowest BCUT2D eigenvalue weighted by molar-refractivity contribution is -0.138. The SMILES string of the molecule is Cn1cnnc1-c1ccc(C#N)cc1-c1cc(NCCC#N)nc(N2Cc3c(cccc3C(F)(F)F)C2=O)c1. The van der Waals surface area contributed by atoms with Crippen molar-refractivity contribution in [2.75, 3.05) is 16.8 Å². The van der Waals surface area contributed by atoms with E-state index in [1.54, 1.807) is 41.9 Å². The van der Waals surface area contributed by atoms with Crippen LogP contribution in [0.15, 0.2) is 54.9 Å². The number of fused-ring (bicyclic) bond motifs is 1. The van der Waals surface area contributed by atoms with Gasteiger partial charge in [0.05, 0.1) is 36.2 Å². The highest BCUT2D eigenvalue weighted by Crippen LogP contribution is 2.40. The van der Waals surface area contributed by atoms with Crippen LogP contribution < -0.4 is 10.2 Å². The molecule has 0 spiro atoms. The molecule has 12 heteroatoms. The molecule has 2 aromatic carbocycles. The Morgan fingerprint density at radius 1 is 1.08 bits per heavy atom. The van der Waals surface area contributed by atoms with Gasteiger partial charge in [0.15, 0.2) is 5.82 Å². The number of carbonyl (C=O) groups is 1. The van der Waals surface area contributed by atoms with Crippen LogP contribution in [-0.2, 0) is 19.8 Å². The van der Waals surface area contributed by atoms with Gasteiger partial charge in [-0.25, -0.2) is 4.98 Å². The van der Waals surface area contributed by atoms with E-state index in [2.05, 4.69) is 26.6 Å². The minimum Gasteiger partial charge on any atom is -0.369 e. The first-order chi connectivity index (χ1) is 18.7. The van der Waals surface area contributed by atoms with Gasteiger partial charge in [-0.1, -0.05) is 6.07 Å². The fourth-order valence-corrected chi connectivity index (χ4v) is 4.50. The number of aryl methyl sites for hydroxylation is 1. The van der Waals surface area contributed by atoms with E-state index < -0.39 is 17.6 Å². The van der Waals surface area contributed by atoms with Crippen molar-refractivity contribution in [3.63, 3.8) is 0 Å². The molecule has 0 aliphatic carbocycles. The Balaban J connectivity index is 1.66. The highest BCUT2D eigenvalue weighted by atomic mass is 19.4. The maximum atomic E-state index is 13.7. The Kier molecular flexibility index (Phi) is 6.46.